The van der Waals surface area contributed by atoms with Gasteiger partial charge in [-0.25, -0.2) is 8.42 Å². The SMILES string of the molecule is Cc1cccc(S(=O)(=O)N2CCC(n3cccc3)CC2)c1. The number of benzene rings is 1. The van der Waals surface area contributed by atoms with Crippen LogP contribution in [-0.2, 0) is 10.0 Å². The number of sulfonamides is 1. The van der Waals surface area contributed by atoms with Gasteiger partial charge < -0.3 is 4.57 Å². The zero-order valence-electron chi connectivity index (χ0n) is 12.1. The van der Waals surface area contributed by atoms with E-state index in [1.54, 1.807) is 22.5 Å². The van der Waals surface area contributed by atoms with Crippen LogP contribution in [0.1, 0.15) is 24.4 Å². The lowest BCUT2D eigenvalue weighted by atomic mass is 10.1. The molecule has 1 saturated heterocycles. The fourth-order valence-electron chi connectivity index (χ4n) is 2.90. The highest BCUT2D eigenvalue weighted by atomic mass is 32.2. The van der Waals surface area contributed by atoms with Gasteiger partial charge in [-0.15, -0.1) is 0 Å². The molecule has 2 heterocycles. The van der Waals surface area contributed by atoms with Gasteiger partial charge in [0, 0.05) is 31.5 Å². The summed E-state index contributed by atoms with van der Waals surface area (Å²) in [6.45, 7) is 3.08. The molecule has 5 heteroatoms. The number of aryl methyl sites for hydroxylation is 1. The Bertz CT molecular complexity index is 700. The molecule has 0 N–H and O–H groups in total. The Morgan fingerprint density at radius 1 is 1.05 bits per heavy atom. The van der Waals surface area contributed by atoms with Crippen molar-refractivity contribution in [2.45, 2.75) is 30.7 Å². The van der Waals surface area contributed by atoms with Crippen molar-refractivity contribution in [3.63, 3.8) is 0 Å². The van der Waals surface area contributed by atoms with Crippen molar-refractivity contribution in [2.24, 2.45) is 0 Å². The number of nitrogens with zero attached hydrogens (tertiary/aromatic N) is 2. The maximum Gasteiger partial charge on any atom is 0.243 e. The molecule has 0 saturated carbocycles. The lowest BCUT2D eigenvalue weighted by Crippen LogP contribution is -2.38. The van der Waals surface area contributed by atoms with Crippen LogP contribution in [0.25, 0.3) is 0 Å². The van der Waals surface area contributed by atoms with E-state index in [1.165, 1.54) is 0 Å². The summed E-state index contributed by atoms with van der Waals surface area (Å²) < 4.78 is 29.1. The molecule has 112 valence electrons. The maximum atomic E-state index is 12.7. The molecule has 1 aliphatic heterocycles. The summed E-state index contributed by atoms with van der Waals surface area (Å²) in [7, 11) is -3.35. The predicted molar refractivity (Wildman–Crippen MR) is 82.6 cm³/mol. The smallest absolute Gasteiger partial charge is 0.243 e. The van der Waals surface area contributed by atoms with Crippen molar-refractivity contribution >= 4 is 10.0 Å². The Morgan fingerprint density at radius 2 is 1.71 bits per heavy atom. The molecule has 21 heavy (non-hydrogen) atoms. The van der Waals surface area contributed by atoms with Gasteiger partial charge in [-0.1, -0.05) is 12.1 Å². The first-order valence-electron chi connectivity index (χ1n) is 7.26. The topological polar surface area (TPSA) is 42.3 Å². The minimum atomic E-state index is -3.35. The average Bonchev–Trinajstić information content (AvgIpc) is 3.02. The second-order valence-corrected chi connectivity index (χ2v) is 7.52. The average molecular weight is 304 g/mol. The standard InChI is InChI=1S/C16H20N2O2S/c1-14-5-4-6-16(13-14)21(19,20)18-11-7-15(8-12-18)17-9-2-3-10-17/h2-6,9-10,13,15H,7-8,11-12H2,1H3. The highest BCUT2D eigenvalue weighted by Gasteiger charge is 2.29. The van der Waals surface area contributed by atoms with Crippen molar-refractivity contribution in [1.29, 1.82) is 0 Å². The van der Waals surface area contributed by atoms with Crippen LogP contribution >= 0.6 is 0 Å². The molecule has 0 atom stereocenters. The van der Waals surface area contributed by atoms with Crippen LogP contribution in [0.3, 0.4) is 0 Å². The van der Waals surface area contributed by atoms with Crippen molar-refractivity contribution in [2.75, 3.05) is 13.1 Å². The van der Waals surface area contributed by atoms with Crippen molar-refractivity contribution < 1.29 is 8.42 Å². The van der Waals surface area contributed by atoms with Crippen LogP contribution in [0.5, 0.6) is 0 Å². The van der Waals surface area contributed by atoms with Gasteiger partial charge in [0.05, 0.1) is 4.90 Å². The summed E-state index contributed by atoms with van der Waals surface area (Å²) in [5.41, 5.74) is 0.971. The van der Waals surface area contributed by atoms with E-state index in [2.05, 4.69) is 17.0 Å². The number of rotatable bonds is 3. The van der Waals surface area contributed by atoms with Gasteiger partial charge in [-0.05, 0) is 49.6 Å². The first-order chi connectivity index (χ1) is 10.1. The van der Waals surface area contributed by atoms with Crippen LogP contribution in [0, 0.1) is 6.92 Å². The molecule has 2 aromatic rings. The molecule has 1 fully saturated rings. The monoisotopic (exact) mass is 304 g/mol. The predicted octanol–water partition coefficient (Wildman–Crippen LogP) is 2.82. The zero-order chi connectivity index (χ0) is 14.9. The lowest BCUT2D eigenvalue weighted by Gasteiger charge is -2.32. The van der Waals surface area contributed by atoms with Crippen LogP contribution < -0.4 is 0 Å². The summed E-state index contributed by atoms with van der Waals surface area (Å²) in [4.78, 5) is 0.405. The Morgan fingerprint density at radius 3 is 2.33 bits per heavy atom. The lowest BCUT2D eigenvalue weighted by molar-refractivity contribution is 0.274. The molecule has 4 nitrogen and oxygen atoms in total. The second kappa shape index (κ2) is 5.66. The minimum Gasteiger partial charge on any atom is -0.351 e. The first-order valence-corrected chi connectivity index (χ1v) is 8.71. The third kappa shape index (κ3) is 2.89. The maximum absolute atomic E-state index is 12.7. The van der Waals surface area contributed by atoms with E-state index in [1.807, 2.05) is 25.1 Å². The summed E-state index contributed by atoms with van der Waals surface area (Å²) in [5.74, 6) is 0. The largest absolute Gasteiger partial charge is 0.351 e. The number of hydrogen-bond donors (Lipinski definition) is 0. The molecule has 0 bridgehead atoms. The Balaban J connectivity index is 1.74. The van der Waals surface area contributed by atoms with Crippen LogP contribution in [0.15, 0.2) is 53.7 Å². The van der Waals surface area contributed by atoms with E-state index in [-0.39, 0.29) is 0 Å². The van der Waals surface area contributed by atoms with E-state index >= 15 is 0 Å². The third-order valence-corrected chi connectivity index (χ3v) is 5.99. The number of aromatic nitrogens is 1. The van der Waals surface area contributed by atoms with Crippen LogP contribution in [-0.4, -0.2) is 30.4 Å². The highest BCUT2D eigenvalue weighted by molar-refractivity contribution is 7.89. The molecule has 0 spiro atoms. The van der Waals surface area contributed by atoms with Crippen molar-refractivity contribution in [3.05, 3.63) is 54.4 Å². The Kier molecular flexibility index (Phi) is 3.87. The van der Waals surface area contributed by atoms with Gasteiger partial charge in [0.15, 0.2) is 0 Å². The zero-order valence-corrected chi connectivity index (χ0v) is 13.0. The summed E-state index contributed by atoms with van der Waals surface area (Å²) in [6, 6.07) is 11.6. The molecule has 0 amide bonds. The number of piperidine rings is 1. The van der Waals surface area contributed by atoms with Gasteiger partial charge in [-0.3, -0.25) is 0 Å². The quantitative estimate of drug-likeness (QED) is 0.875. The van der Waals surface area contributed by atoms with Crippen LogP contribution in [0.2, 0.25) is 0 Å². The minimum absolute atomic E-state index is 0.405. The van der Waals surface area contributed by atoms with Gasteiger partial charge in [0.25, 0.3) is 0 Å². The summed E-state index contributed by atoms with van der Waals surface area (Å²) in [5, 5.41) is 0. The summed E-state index contributed by atoms with van der Waals surface area (Å²) in [6.07, 6.45) is 5.82. The molecular formula is C16H20N2O2S. The third-order valence-electron chi connectivity index (χ3n) is 4.10. The van der Waals surface area contributed by atoms with E-state index in [4.69, 9.17) is 0 Å². The van der Waals surface area contributed by atoms with Gasteiger partial charge >= 0.3 is 0 Å². The molecule has 1 aromatic carbocycles. The van der Waals surface area contributed by atoms with Crippen molar-refractivity contribution in [3.8, 4) is 0 Å². The Labute approximate surface area is 126 Å². The van der Waals surface area contributed by atoms with Crippen LogP contribution in [0.4, 0.5) is 0 Å². The summed E-state index contributed by atoms with van der Waals surface area (Å²) >= 11 is 0. The van der Waals surface area contributed by atoms with Crippen molar-refractivity contribution in [1.82, 2.24) is 8.87 Å². The molecule has 1 aromatic heterocycles. The van der Waals surface area contributed by atoms with Gasteiger partial charge in [0.2, 0.25) is 10.0 Å². The fraction of sp³-hybridized carbons (Fsp3) is 0.375. The highest BCUT2D eigenvalue weighted by Crippen LogP contribution is 2.27. The van der Waals surface area contributed by atoms with Gasteiger partial charge in [0.1, 0.15) is 0 Å². The van der Waals surface area contributed by atoms with E-state index in [0.29, 0.717) is 24.0 Å². The molecule has 0 radical (unpaired) electrons. The van der Waals surface area contributed by atoms with E-state index in [0.717, 1.165) is 18.4 Å². The van der Waals surface area contributed by atoms with E-state index < -0.39 is 10.0 Å². The van der Waals surface area contributed by atoms with E-state index in [9.17, 15) is 8.42 Å². The molecule has 0 unspecified atom stereocenters. The van der Waals surface area contributed by atoms with Gasteiger partial charge in [-0.2, -0.15) is 4.31 Å². The second-order valence-electron chi connectivity index (χ2n) is 5.58. The Hall–Kier alpha value is -1.59. The molecule has 0 aliphatic carbocycles. The number of hydrogen-bond acceptors (Lipinski definition) is 2. The fourth-order valence-corrected chi connectivity index (χ4v) is 4.47. The normalized spacial score (nSPS) is 18.0. The molecule has 1 aliphatic rings. The first kappa shape index (κ1) is 14.4. The molecular weight excluding hydrogens is 284 g/mol. The molecule has 3 rings (SSSR count).